The van der Waals surface area contributed by atoms with Crippen LogP contribution < -0.4 is 5.19 Å². The highest BCUT2D eigenvalue weighted by Crippen LogP contribution is 2.44. The van der Waals surface area contributed by atoms with Crippen LogP contribution in [-0.2, 0) is 4.79 Å². The Morgan fingerprint density at radius 1 is 0.962 bits per heavy atom. The topological polar surface area (TPSA) is 37.3 Å². The van der Waals surface area contributed by atoms with Crippen LogP contribution in [0.25, 0.3) is 0 Å². The van der Waals surface area contributed by atoms with Crippen LogP contribution in [0.15, 0.2) is 30.3 Å². The number of carboxylic acids is 1. The molecule has 1 saturated heterocycles. The molecule has 0 bridgehead atoms. The Hall–Kier alpha value is -1.09. The van der Waals surface area contributed by atoms with Crippen LogP contribution in [-0.4, -0.2) is 19.1 Å². The number of carbonyl (C=O) groups is 1. The molecule has 1 N–H and O–H groups in total. The van der Waals surface area contributed by atoms with Crippen LogP contribution in [0.3, 0.4) is 0 Å². The molecular formula is C23H36O2Si. The number of carboxylic acid groups (broad SMARTS) is 1. The molecule has 1 aromatic carbocycles. The quantitative estimate of drug-likeness (QED) is 0.482. The molecule has 0 aromatic heterocycles. The van der Waals surface area contributed by atoms with Crippen LogP contribution in [0, 0.1) is 17.8 Å². The van der Waals surface area contributed by atoms with Crippen LogP contribution in [0.1, 0.15) is 64.7 Å². The first-order valence-corrected chi connectivity index (χ1v) is 13.5. The summed E-state index contributed by atoms with van der Waals surface area (Å²) in [6.07, 6.45) is 11.0. The smallest absolute Gasteiger partial charge is 0.306 e. The van der Waals surface area contributed by atoms with Gasteiger partial charge in [-0.3, -0.25) is 4.79 Å². The lowest BCUT2D eigenvalue weighted by Crippen LogP contribution is -2.50. The molecule has 0 spiro atoms. The molecule has 1 aliphatic heterocycles. The standard InChI is InChI=1S/C23H36O2Si/c1-2-3-7-16-26(22-8-5-4-6-9-22)17-14-20(15-18-26)19-10-12-21(13-11-19)23(24)25/h4-6,8-9,19-21H,2-3,7,10-18H2,1H3,(H,24,25). The second kappa shape index (κ2) is 9.21. The van der Waals surface area contributed by atoms with E-state index in [-0.39, 0.29) is 5.92 Å². The number of rotatable bonds is 7. The number of hydrogen-bond acceptors (Lipinski definition) is 1. The first-order chi connectivity index (χ1) is 12.6. The van der Waals surface area contributed by atoms with Crippen LogP contribution >= 0.6 is 0 Å². The van der Waals surface area contributed by atoms with Crippen molar-refractivity contribution in [1.82, 2.24) is 0 Å². The lowest BCUT2D eigenvalue weighted by molar-refractivity contribution is -0.143. The minimum Gasteiger partial charge on any atom is -0.481 e. The first kappa shape index (κ1) is 19.7. The highest BCUT2D eigenvalue weighted by atomic mass is 28.3. The maximum absolute atomic E-state index is 11.2. The third-order valence-corrected chi connectivity index (χ3v) is 12.8. The molecule has 0 unspecified atom stereocenters. The minimum absolute atomic E-state index is 0.0679. The molecule has 3 rings (SSSR count). The third-order valence-electron chi connectivity index (χ3n) is 7.42. The van der Waals surface area contributed by atoms with E-state index in [0.717, 1.165) is 37.5 Å². The molecule has 2 nitrogen and oxygen atoms in total. The molecule has 144 valence electrons. The SMILES string of the molecule is CCCCC[Si]1(c2ccccc2)CCC(C2CCC(C(=O)O)CC2)CC1. The predicted molar refractivity (Wildman–Crippen MR) is 112 cm³/mol. The Kier molecular flexibility index (Phi) is 6.96. The second-order valence-electron chi connectivity index (χ2n) is 8.89. The summed E-state index contributed by atoms with van der Waals surface area (Å²) >= 11 is 0. The van der Waals surface area contributed by atoms with Crippen molar-refractivity contribution < 1.29 is 9.90 Å². The van der Waals surface area contributed by atoms with Crippen LogP contribution in [0.5, 0.6) is 0 Å². The molecule has 1 saturated carbocycles. The fourth-order valence-electron chi connectivity index (χ4n) is 5.69. The van der Waals surface area contributed by atoms with E-state index in [1.165, 1.54) is 50.2 Å². The van der Waals surface area contributed by atoms with Crippen molar-refractivity contribution in [2.75, 3.05) is 0 Å². The average Bonchev–Trinajstić information content (AvgIpc) is 2.69. The van der Waals surface area contributed by atoms with Gasteiger partial charge in [0.1, 0.15) is 0 Å². The molecule has 1 heterocycles. The summed E-state index contributed by atoms with van der Waals surface area (Å²) in [4.78, 5) is 11.2. The second-order valence-corrected chi connectivity index (χ2v) is 13.5. The fraction of sp³-hybridized carbons (Fsp3) is 0.696. The van der Waals surface area contributed by atoms with Crippen LogP contribution in [0.2, 0.25) is 18.1 Å². The van der Waals surface area contributed by atoms with Gasteiger partial charge in [-0.05, 0) is 37.5 Å². The van der Waals surface area contributed by atoms with Crippen molar-refractivity contribution >= 4 is 19.2 Å². The Bertz CT molecular complexity index is 555. The van der Waals surface area contributed by atoms with Crippen molar-refractivity contribution in [3.05, 3.63) is 30.3 Å². The monoisotopic (exact) mass is 372 g/mol. The van der Waals surface area contributed by atoms with Gasteiger partial charge in [-0.15, -0.1) is 0 Å². The van der Waals surface area contributed by atoms with E-state index in [4.69, 9.17) is 0 Å². The Labute approximate surface area is 160 Å². The number of aliphatic carboxylic acids is 1. The zero-order valence-electron chi connectivity index (χ0n) is 16.5. The maximum Gasteiger partial charge on any atom is 0.306 e. The van der Waals surface area contributed by atoms with E-state index in [2.05, 4.69) is 37.3 Å². The minimum atomic E-state index is -1.33. The van der Waals surface area contributed by atoms with Gasteiger partial charge in [0.05, 0.1) is 14.0 Å². The average molecular weight is 373 g/mol. The Morgan fingerprint density at radius 2 is 1.58 bits per heavy atom. The maximum atomic E-state index is 11.2. The van der Waals surface area contributed by atoms with Gasteiger partial charge in [-0.1, -0.05) is 92.7 Å². The molecule has 2 fully saturated rings. The van der Waals surface area contributed by atoms with Gasteiger partial charge in [0, 0.05) is 0 Å². The summed E-state index contributed by atoms with van der Waals surface area (Å²) in [6.45, 7) is 2.31. The van der Waals surface area contributed by atoms with E-state index in [1.54, 1.807) is 5.19 Å². The number of unbranched alkanes of at least 4 members (excludes halogenated alkanes) is 2. The molecule has 1 aromatic rings. The molecule has 26 heavy (non-hydrogen) atoms. The summed E-state index contributed by atoms with van der Waals surface area (Å²) in [6, 6.07) is 15.9. The van der Waals surface area contributed by atoms with Gasteiger partial charge in [0.25, 0.3) is 0 Å². The molecule has 2 aliphatic rings. The Balaban J connectivity index is 1.61. The van der Waals surface area contributed by atoms with E-state index in [9.17, 15) is 9.90 Å². The lowest BCUT2D eigenvalue weighted by Gasteiger charge is -2.43. The van der Waals surface area contributed by atoms with Crippen molar-refractivity contribution in [1.29, 1.82) is 0 Å². The van der Waals surface area contributed by atoms with Crippen molar-refractivity contribution in [3.8, 4) is 0 Å². The van der Waals surface area contributed by atoms with Crippen molar-refractivity contribution in [2.45, 2.75) is 82.8 Å². The molecular weight excluding hydrogens is 336 g/mol. The highest BCUT2D eigenvalue weighted by Gasteiger charge is 2.41. The zero-order valence-corrected chi connectivity index (χ0v) is 17.5. The van der Waals surface area contributed by atoms with E-state index >= 15 is 0 Å². The van der Waals surface area contributed by atoms with Gasteiger partial charge in [-0.2, -0.15) is 0 Å². The largest absolute Gasteiger partial charge is 0.481 e. The van der Waals surface area contributed by atoms with Crippen molar-refractivity contribution in [2.24, 2.45) is 17.8 Å². The van der Waals surface area contributed by atoms with Gasteiger partial charge < -0.3 is 5.11 Å². The first-order valence-electron chi connectivity index (χ1n) is 10.9. The molecule has 0 atom stereocenters. The van der Waals surface area contributed by atoms with E-state index < -0.39 is 14.0 Å². The number of hydrogen-bond donors (Lipinski definition) is 1. The zero-order chi connectivity index (χ0) is 18.4. The van der Waals surface area contributed by atoms with Gasteiger partial charge in [0.15, 0.2) is 0 Å². The summed E-state index contributed by atoms with van der Waals surface area (Å²) in [5, 5.41) is 10.9. The summed E-state index contributed by atoms with van der Waals surface area (Å²) < 4.78 is 0. The molecule has 3 heteroatoms. The lowest BCUT2D eigenvalue weighted by atomic mass is 9.74. The normalized spacial score (nSPS) is 32.3. The fourth-order valence-corrected chi connectivity index (χ4v) is 11.0. The third kappa shape index (κ3) is 4.60. The number of benzene rings is 1. The van der Waals surface area contributed by atoms with Crippen molar-refractivity contribution in [3.63, 3.8) is 0 Å². The Morgan fingerprint density at radius 3 is 2.15 bits per heavy atom. The highest BCUT2D eigenvalue weighted by molar-refractivity contribution is 6.92. The van der Waals surface area contributed by atoms with E-state index in [0.29, 0.717) is 0 Å². The molecule has 1 aliphatic carbocycles. The molecule has 0 amide bonds. The van der Waals surface area contributed by atoms with Gasteiger partial charge in [0.2, 0.25) is 0 Å². The predicted octanol–water partition coefficient (Wildman–Crippen LogP) is 5.83. The summed E-state index contributed by atoms with van der Waals surface area (Å²) in [5.74, 6) is 1.02. The summed E-state index contributed by atoms with van der Waals surface area (Å²) in [5.41, 5.74) is 0. The van der Waals surface area contributed by atoms with Crippen LogP contribution in [0.4, 0.5) is 0 Å². The molecule has 0 radical (unpaired) electrons. The van der Waals surface area contributed by atoms with E-state index in [1.807, 2.05) is 0 Å². The van der Waals surface area contributed by atoms with Gasteiger partial charge >= 0.3 is 5.97 Å². The summed E-state index contributed by atoms with van der Waals surface area (Å²) in [7, 11) is -1.33. The van der Waals surface area contributed by atoms with Gasteiger partial charge in [-0.25, -0.2) is 0 Å².